The van der Waals surface area contributed by atoms with Crippen molar-refractivity contribution >= 4 is 29.9 Å². The summed E-state index contributed by atoms with van der Waals surface area (Å²) in [4.78, 5) is 6.25. The van der Waals surface area contributed by atoms with E-state index in [9.17, 15) is 0 Å². The van der Waals surface area contributed by atoms with E-state index in [4.69, 9.17) is 4.74 Å². The van der Waals surface area contributed by atoms with Crippen LogP contribution in [0.3, 0.4) is 0 Å². The van der Waals surface area contributed by atoms with Gasteiger partial charge in [0, 0.05) is 40.4 Å². The second-order valence-corrected chi connectivity index (χ2v) is 3.58. The molecule has 0 aromatic heterocycles. The molecule has 0 heterocycles. The number of nitrogens with zero attached hydrogens (tertiary/aromatic N) is 2. The van der Waals surface area contributed by atoms with Crippen LogP contribution in [0.1, 0.15) is 6.42 Å². The van der Waals surface area contributed by atoms with Crippen LogP contribution in [0, 0.1) is 0 Å². The van der Waals surface area contributed by atoms with Gasteiger partial charge in [0.1, 0.15) is 0 Å². The summed E-state index contributed by atoms with van der Waals surface area (Å²) in [5.41, 5.74) is 0. The van der Waals surface area contributed by atoms with E-state index in [0.717, 1.165) is 38.6 Å². The Hall–Kier alpha value is -0.0800. The fraction of sp³-hybridized carbons (Fsp3) is 0.900. The van der Waals surface area contributed by atoms with Crippen LogP contribution >= 0.6 is 24.0 Å². The molecule has 0 radical (unpaired) electrons. The lowest BCUT2D eigenvalue weighted by atomic mass is 10.4. The van der Waals surface area contributed by atoms with E-state index in [-0.39, 0.29) is 24.0 Å². The first-order chi connectivity index (χ1) is 7.20. The lowest BCUT2D eigenvalue weighted by molar-refractivity contribution is 0.195. The van der Waals surface area contributed by atoms with Crippen LogP contribution in [0.15, 0.2) is 4.99 Å². The predicted octanol–water partition coefficient (Wildman–Crippen LogP) is 0.368. The van der Waals surface area contributed by atoms with Crippen molar-refractivity contribution in [2.24, 2.45) is 4.99 Å². The second-order valence-electron chi connectivity index (χ2n) is 3.58. The van der Waals surface area contributed by atoms with Crippen molar-refractivity contribution in [3.63, 3.8) is 0 Å². The molecule has 0 amide bonds. The summed E-state index contributed by atoms with van der Waals surface area (Å²) in [6.07, 6.45) is 0.991. The third-order valence-corrected chi connectivity index (χ3v) is 1.89. The van der Waals surface area contributed by atoms with Gasteiger partial charge in [0.2, 0.25) is 0 Å². The molecule has 0 saturated heterocycles. The van der Waals surface area contributed by atoms with Crippen LogP contribution < -0.4 is 10.6 Å². The van der Waals surface area contributed by atoms with Gasteiger partial charge in [-0.3, -0.25) is 4.99 Å². The van der Waals surface area contributed by atoms with Crippen LogP contribution in [0.4, 0.5) is 0 Å². The van der Waals surface area contributed by atoms with Gasteiger partial charge < -0.3 is 20.3 Å². The monoisotopic (exact) mass is 344 g/mol. The fourth-order valence-corrected chi connectivity index (χ4v) is 1.04. The van der Waals surface area contributed by atoms with Crippen molar-refractivity contribution in [2.45, 2.75) is 6.42 Å². The van der Waals surface area contributed by atoms with Crippen LogP contribution in [0.25, 0.3) is 0 Å². The topological polar surface area (TPSA) is 48.9 Å². The van der Waals surface area contributed by atoms with Gasteiger partial charge in [-0.05, 0) is 20.5 Å². The average Bonchev–Trinajstić information content (AvgIpc) is 2.21. The minimum absolute atomic E-state index is 0. The second kappa shape index (κ2) is 13.0. The Morgan fingerprint density at radius 1 is 1.25 bits per heavy atom. The molecule has 6 heteroatoms. The number of hydrogen-bond acceptors (Lipinski definition) is 3. The largest absolute Gasteiger partial charge is 0.385 e. The van der Waals surface area contributed by atoms with Crippen molar-refractivity contribution in [1.82, 2.24) is 15.5 Å². The van der Waals surface area contributed by atoms with E-state index in [0.29, 0.717) is 0 Å². The molecule has 0 atom stereocenters. The zero-order valence-electron chi connectivity index (χ0n) is 10.7. The minimum atomic E-state index is 0. The highest BCUT2D eigenvalue weighted by Crippen LogP contribution is 1.78. The van der Waals surface area contributed by atoms with Crippen LogP contribution in [-0.4, -0.2) is 65.4 Å². The molecule has 0 bridgehead atoms. The third-order valence-electron chi connectivity index (χ3n) is 1.89. The zero-order valence-corrected chi connectivity index (χ0v) is 13.1. The number of ether oxygens (including phenoxy) is 1. The van der Waals surface area contributed by atoms with Crippen molar-refractivity contribution < 1.29 is 4.74 Å². The molecular formula is C10H25IN4O. The molecule has 98 valence electrons. The molecule has 0 fully saturated rings. The number of halogens is 1. The zero-order chi connectivity index (χ0) is 11.5. The molecule has 5 nitrogen and oxygen atoms in total. The highest BCUT2D eigenvalue weighted by Gasteiger charge is 1.96. The van der Waals surface area contributed by atoms with Gasteiger partial charge >= 0.3 is 0 Å². The van der Waals surface area contributed by atoms with Crippen LogP contribution in [0.2, 0.25) is 0 Å². The maximum atomic E-state index is 4.96. The Bertz CT molecular complexity index is 176. The molecule has 0 rings (SSSR count). The van der Waals surface area contributed by atoms with Crippen molar-refractivity contribution in [3.05, 3.63) is 0 Å². The smallest absolute Gasteiger partial charge is 0.191 e. The van der Waals surface area contributed by atoms with Crippen LogP contribution in [0.5, 0.6) is 0 Å². The minimum Gasteiger partial charge on any atom is -0.385 e. The lowest BCUT2D eigenvalue weighted by Gasteiger charge is -2.14. The van der Waals surface area contributed by atoms with Crippen LogP contribution in [-0.2, 0) is 4.74 Å². The van der Waals surface area contributed by atoms with Gasteiger partial charge in [-0.15, -0.1) is 24.0 Å². The lowest BCUT2D eigenvalue weighted by Crippen LogP contribution is -2.40. The van der Waals surface area contributed by atoms with Crippen molar-refractivity contribution in [1.29, 1.82) is 0 Å². The first-order valence-corrected chi connectivity index (χ1v) is 5.29. The number of nitrogens with one attached hydrogen (secondary N) is 2. The summed E-state index contributed by atoms with van der Waals surface area (Å²) < 4.78 is 4.96. The molecule has 0 aromatic carbocycles. The Labute approximate surface area is 116 Å². The molecule has 0 aliphatic rings. The van der Waals surface area contributed by atoms with Gasteiger partial charge in [0.25, 0.3) is 0 Å². The number of methoxy groups -OCH3 is 1. The first-order valence-electron chi connectivity index (χ1n) is 5.29. The molecule has 0 aliphatic heterocycles. The summed E-state index contributed by atoms with van der Waals surface area (Å²) in [5.74, 6) is 0.855. The van der Waals surface area contributed by atoms with E-state index in [1.807, 2.05) is 0 Å². The SMILES string of the molecule is CN=C(NCCCOC)NCCN(C)C.I. The predicted molar refractivity (Wildman–Crippen MR) is 79.8 cm³/mol. The Morgan fingerprint density at radius 2 is 1.88 bits per heavy atom. The van der Waals surface area contributed by atoms with Gasteiger partial charge in [-0.25, -0.2) is 0 Å². The van der Waals surface area contributed by atoms with E-state index in [1.54, 1.807) is 14.2 Å². The molecule has 0 aromatic rings. The van der Waals surface area contributed by atoms with Gasteiger partial charge in [0.05, 0.1) is 0 Å². The van der Waals surface area contributed by atoms with E-state index < -0.39 is 0 Å². The third kappa shape index (κ3) is 12.0. The molecular weight excluding hydrogens is 319 g/mol. The highest BCUT2D eigenvalue weighted by molar-refractivity contribution is 14.0. The number of hydrogen-bond donors (Lipinski definition) is 2. The molecule has 2 N–H and O–H groups in total. The molecule has 0 saturated carbocycles. The summed E-state index contributed by atoms with van der Waals surface area (Å²) in [7, 11) is 7.60. The van der Waals surface area contributed by atoms with E-state index in [2.05, 4.69) is 34.6 Å². The Kier molecular flexibility index (Phi) is 14.8. The molecule has 0 aliphatic carbocycles. The first kappa shape index (κ1) is 18.3. The number of likely N-dealkylation sites (N-methyl/N-ethyl adjacent to an activating group) is 1. The van der Waals surface area contributed by atoms with Gasteiger partial charge in [-0.2, -0.15) is 0 Å². The number of guanidine groups is 1. The van der Waals surface area contributed by atoms with E-state index >= 15 is 0 Å². The molecule has 16 heavy (non-hydrogen) atoms. The van der Waals surface area contributed by atoms with E-state index in [1.165, 1.54) is 0 Å². The van der Waals surface area contributed by atoms with Gasteiger partial charge in [-0.1, -0.05) is 0 Å². The standard InChI is InChI=1S/C10H24N4O.HI/c1-11-10(12-6-5-9-15-4)13-7-8-14(2)3;/h5-9H2,1-4H3,(H2,11,12,13);1H. The highest BCUT2D eigenvalue weighted by atomic mass is 127. The Balaban J connectivity index is 0. The summed E-state index contributed by atoms with van der Waals surface area (Å²) in [6.45, 7) is 3.56. The number of rotatable bonds is 7. The summed E-state index contributed by atoms with van der Waals surface area (Å²) >= 11 is 0. The normalized spacial score (nSPS) is 11.2. The average molecular weight is 344 g/mol. The molecule has 0 spiro atoms. The maximum Gasteiger partial charge on any atom is 0.191 e. The summed E-state index contributed by atoms with van der Waals surface area (Å²) in [5, 5.41) is 6.45. The van der Waals surface area contributed by atoms with Gasteiger partial charge in [0.15, 0.2) is 5.96 Å². The quantitative estimate of drug-likeness (QED) is 0.303. The fourth-order valence-electron chi connectivity index (χ4n) is 1.04. The van der Waals surface area contributed by atoms with Crippen molar-refractivity contribution in [3.8, 4) is 0 Å². The Morgan fingerprint density at radius 3 is 2.38 bits per heavy atom. The number of aliphatic imine (C=N–C) groups is 1. The molecule has 0 unspecified atom stereocenters. The maximum absolute atomic E-state index is 4.96. The van der Waals surface area contributed by atoms with Crippen molar-refractivity contribution in [2.75, 3.05) is 54.5 Å². The summed E-state index contributed by atoms with van der Waals surface area (Å²) in [6, 6.07) is 0.